The number of hydrogen-bond acceptors (Lipinski definition) is 4. The molecule has 11 heavy (non-hydrogen) atoms. The van der Waals surface area contributed by atoms with Gasteiger partial charge in [-0.3, -0.25) is 0 Å². The molecule has 0 spiro atoms. The van der Waals surface area contributed by atoms with E-state index < -0.39 is 0 Å². The highest BCUT2D eigenvalue weighted by Crippen LogP contribution is 1.98. The van der Waals surface area contributed by atoms with Gasteiger partial charge in [0.1, 0.15) is 0 Å². The molecular formula is C7H19N3O. The van der Waals surface area contributed by atoms with E-state index in [9.17, 15) is 0 Å². The summed E-state index contributed by atoms with van der Waals surface area (Å²) in [5.74, 6) is 0. The van der Waals surface area contributed by atoms with Crippen LogP contribution in [0.5, 0.6) is 0 Å². The zero-order chi connectivity index (χ0) is 8.53. The molecule has 4 nitrogen and oxygen atoms in total. The fourth-order valence-electron chi connectivity index (χ4n) is 0.849. The largest absolute Gasteiger partial charge is 0.376 e. The van der Waals surface area contributed by atoms with Crippen LogP contribution in [0.2, 0.25) is 0 Å². The lowest BCUT2D eigenvalue weighted by molar-refractivity contribution is 0.0579. The van der Waals surface area contributed by atoms with E-state index >= 15 is 0 Å². The molecule has 0 rings (SSSR count). The van der Waals surface area contributed by atoms with Crippen LogP contribution in [-0.2, 0) is 4.74 Å². The molecule has 0 fully saturated rings. The highest BCUT2D eigenvalue weighted by Gasteiger charge is 2.04. The normalized spacial score (nSPS) is 13.4. The van der Waals surface area contributed by atoms with E-state index in [2.05, 4.69) is 0 Å². The molecule has 1 atom stereocenters. The molecule has 0 saturated heterocycles. The van der Waals surface area contributed by atoms with E-state index in [1.807, 2.05) is 0 Å². The van der Waals surface area contributed by atoms with Crippen LogP contribution in [0.4, 0.5) is 0 Å². The number of nitrogens with two attached hydrogens (primary N) is 3. The molecule has 68 valence electrons. The second-order valence-electron chi connectivity index (χ2n) is 2.45. The summed E-state index contributed by atoms with van der Waals surface area (Å²) in [6, 6.07) is 0. The van der Waals surface area contributed by atoms with Gasteiger partial charge in [-0.25, -0.2) is 0 Å². The summed E-state index contributed by atoms with van der Waals surface area (Å²) in [7, 11) is 0. The molecule has 0 heterocycles. The summed E-state index contributed by atoms with van der Waals surface area (Å²) in [6.07, 6.45) is 2.04. The summed E-state index contributed by atoms with van der Waals surface area (Å²) < 4.78 is 5.34. The molecule has 0 saturated carbocycles. The molecular weight excluding hydrogens is 142 g/mol. The van der Waals surface area contributed by atoms with Crippen molar-refractivity contribution < 1.29 is 4.74 Å². The Labute approximate surface area is 68.1 Å². The van der Waals surface area contributed by atoms with Crippen LogP contribution in [0.1, 0.15) is 12.8 Å². The standard InChI is InChI=1S/C7H19N3O/c8-3-1-2-7(6-10)11-5-4-9/h7H,1-6,8-10H2. The smallest absolute Gasteiger partial charge is 0.0698 e. The SMILES string of the molecule is NCCCC(CN)OCCN. The van der Waals surface area contributed by atoms with Gasteiger partial charge < -0.3 is 21.9 Å². The van der Waals surface area contributed by atoms with Crippen molar-refractivity contribution in [1.29, 1.82) is 0 Å². The van der Waals surface area contributed by atoms with E-state index in [0.717, 1.165) is 12.8 Å². The molecule has 6 N–H and O–H groups in total. The summed E-state index contributed by atoms with van der Waals surface area (Å²) in [5.41, 5.74) is 16.1. The number of hydrogen-bond donors (Lipinski definition) is 3. The Morgan fingerprint density at radius 1 is 1.09 bits per heavy atom. The van der Waals surface area contributed by atoms with Gasteiger partial charge in [-0.15, -0.1) is 0 Å². The third-order valence-electron chi connectivity index (χ3n) is 1.46. The molecule has 0 aliphatic rings. The topological polar surface area (TPSA) is 87.3 Å². The van der Waals surface area contributed by atoms with E-state index in [0.29, 0.717) is 26.2 Å². The average molecular weight is 161 g/mol. The van der Waals surface area contributed by atoms with Crippen molar-refractivity contribution in [2.75, 3.05) is 26.2 Å². The molecule has 1 unspecified atom stereocenters. The lowest BCUT2D eigenvalue weighted by atomic mass is 10.2. The lowest BCUT2D eigenvalue weighted by Gasteiger charge is -2.14. The van der Waals surface area contributed by atoms with Crippen LogP contribution in [0.25, 0.3) is 0 Å². The van der Waals surface area contributed by atoms with Gasteiger partial charge in [-0.05, 0) is 19.4 Å². The summed E-state index contributed by atoms with van der Waals surface area (Å²) in [4.78, 5) is 0. The molecule has 0 aliphatic carbocycles. The Hall–Kier alpha value is -0.160. The van der Waals surface area contributed by atoms with Crippen molar-refractivity contribution in [1.82, 2.24) is 0 Å². The van der Waals surface area contributed by atoms with Crippen LogP contribution in [0, 0.1) is 0 Å². The lowest BCUT2D eigenvalue weighted by Crippen LogP contribution is -2.26. The third kappa shape index (κ3) is 6.25. The van der Waals surface area contributed by atoms with Gasteiger partial charge in [0.05, 0.1) is 12.7 Å². The van der Waals surface area contributed by atoms with Gasteiger partial charge in [0.15, 0.2) is 0 Å². The van der Waals surface area contributed by atoms with Gasteiger partial charge in [0, 0.05) is 13.1 Å². The van der Waals surface area contributed by atoms with Crippen molar-refractivity contribution in [2.45, 2.75) is 18.9 Å². The van der Waals surface area contributed by atoms with E-state index in [1.54, 1.807) is 0 Å². The summed E-state index contributed by atoms with van der Waals surface area (Å²) in [5, 5.41) is 0. The minimum absolute atomic E-state index is 0.141. The fourth-order valence-corrected chi connectivity index (χ4v) is 0.849. The molecule has 0 bridgehead atoms. The second kappa shape index (κ2) is 7.94. The van der Waals surface area contributed by atoms with Crippen molar-refractivity contribution in [3.8, 4) is 0 Å². The first-order valence-electron chi connectivity index (χ1n) is 4.07. The number of ether oxygens (including phenoxy) is 1. The molecule has 0 amide bonds. The second-order valence-corrected chi connectivity index (χ2v) is 2.45. The minimum Gasteiger partial charge on any atom is -0.376 e. The predicted octanol–water partition coefficient (Wildman–Crippen LogP) is -0.972. The maximum atomic E-state index is 5.45. The summed E-state index contributed by atoms with van der Waals surface area (Å²) >= 11 is 0. The Morgan fingerprint density at radius 2 is 1.82 bits per heavy atom. The fraction of sp³-hybridized carbons (Fsp3) is 1.00. The van der Waals surface area contributed by atoms with Crippen LogP contribution < -0.4 is 17.2 Å². The van der Waals surface area contributed by atoms with Crippen LogP contribution in [0.15, 0.2) is 0 Å². The Bertz CT molecular complexity index is 72.1. The minimum atomic E-state index is 0.141. The molecule has 0 aromatic heterocycles. The predicted molar refractivity (Wildman–Crippen MR) is 46.1 cm³/mol. The van der Waals surface area contributed by atoms with Gasteiger partial charge in [0.2, 0.25) is 0 Å². The summed E-state index contributed by atoms with van der Waals surface area (Å²) in [6.45, 7) is 2.40. The zero-order valence-corrected chi connectivity index (χ0v) is 6.96. The molecule has 0 aromatic rings. The Kier molecular flexibility index (Phi) is 7.83. The maximum absolute atomic E-state index is 5.45. The van der Waals surface area contributed by atoms with Crippen LogP contribution in [-0.4, -0.2) is 32.3 Å². The van der Waals surface area contributed by atoms with Crippen molar-refractivity contribution in [3.63, 3.8) is 0 Å². The highest BCUT2D eigenvalue weighted by atomic mass is 16.5. The van der Waals surface area contributed by atoms with E-state index in [1.165, 1.54) is 0 Å². The highest BCUT2D eigenvalue weighted by molar-refractivity contribution is 4.58. The Balaban J connectivity index is 3.25. The molecule has 0 radical (unpaired) electrons. The van der Waals surface area contributed by atoms with Crippen LogP contribution >= 0.6 is 0 Å². The molecule has 4 heteroatoms. The average Bonchev–Trinajstić information content (AvgIpc) is 2.05. The zero-order valence-electron chi connectivity index (χ0n) is 6.96. The van der Waals surface area contributed by atoms with Crippen molar-refractivity contribution in [2.24, 2.45) is 17.2 Å². The van der Waals surface area contributed by atoms with Gasteiger partial charge in [0.25, 0.3) is 0 Å². The van der Waals surface area contributed by atoms with E-state index in [-0.39, 0.29) is 6.10 Å². The maximum Gasteiger partial charge on any atom is 0.0698 e. The monoisotopic (exact) mass is 161 g/mol. The third-order valence-corrected chi connectivity index (χ3v) is 1.46. The van der Waals surface area contributed by atoms with E-state index in [4.69, 9.17) is 21.9 Å². The van der Waals surface area contributed by atoms with Gasteiger partial charge in [-0.1, -0.05) is 0 Å². The first-order chi connectivity index (χ1) is 5.35. The first kappa shape index (κ1) is 10.8. The number of rotatable bonds is 7. The quantitative estimate of drug-likeness (QED) is 0.448. The van der Waals surface area contributed by atoms with Crippen molar-refractivity contribution >= 4 is 0 Å². The van der Waals surface area contributed by atoms with Crippen LogP contribution in [0.3, 0.4) is 0 Å². The molecule has 0 aromatic carbocycles. The van der Waals surface area contributed by atoms with Crippen molar-refractivity contribution in [3.05, 3.63) is 0 Å². The Morgan fingerprint density at radius 3 is 2.27 bits per heavy atom. The molecule has 0 aliphatic heterocycles. The first-order valence-corrected chi connectivity index (χ1v) is 4.07. The van der Waals surface area contributed by atoms with Gasteiger partial charge in [-0.2, -0.15) is 0 Å². The van der Waals surface area contributed by atoms with Gasteiger partial charge >= 0.3 is 0 Å².